The second-order valence-corrected chi connectivity index (χ2v) is 7.24. The van der Waals surface area contributed by atoms with E-state index in [0.29, 0.717) is 19.3 Å². The quantitative estimate of drug-likeness (QED) is 0.640. The summed E-state index contributed by atoms with van der Waals surface area (Å²) in [6.45, 7) is 6.16. The van der Waals surface area contributed by atoms with Gasteiger partial charge in [0, 0.05) is 12.4 Å². The van der Waals surface area contributed by atoms with Crippen LogP contribution in [0, 0.1) is 0 Å². The van der Waals surface area contributed by atoms with Gasteiger partial charge in [-0.05, 0) is 40.2 Å². The van der Waals surface area contributed by atoms with Gasteiger partial charge in [-0.25, -0.2) is 0 Å². The van der Waals surface area contributed by atoms with Gasteiger partial charge in [0.05, 0.1) is 12.5 Å². The molecule has 1 heterocycles. The van der Waals surface area contributed by atoms with Crippen LogP contribution in [-0.2, 0) is 25.2 Å². The molecule has 0 aliphatic carbocycles. The van der Waals surface area contributed by atoms with Crippen LogP contribution >= 0.6 is 0 Å². The van der Waals surface area contributed by atoms with E-state index in [9.17, 15) is 4.79 Å². The zero-order valence-electron chi connectivity index (χ0n) is 14.9. The van der Waals surface area contributed by atoms with Crippen molar-refractivity contribution in [3.8, 4) is 0 Å². The first-order valence-corrected chi connectivity index (χ1v) is 8.62. The van der Waals surface area contributed by atoms with E-state index in [0.717, 1.165) is 12.0 Å². The van der Waals surface area contributed by atoms with Crippen LogP contribution in [0.2, 0.25) is 0 Å². The number of hydrogen-bond acceptors (Lipinski definition) is 5. The van der Waals surface area contributed by atoms with E-state index in [4.69, 9.17) is 19.8 Å². The van der Waals surface area contributed by atoms with Gasteiger partial charge in [-0.3, -0.25) is 4.79 Å². The number of hydrogen-bond donors (Lipinski definition) is 1. The number of carbonyl (C=O) groups is 1. The van der Waals surface area contributed by atoms with Crippen molar-refractivity contribution in [3.05, 3.63) is 35.9 Å². The number of rotatable bonds is 6. The highest BCUT2D eigenvalue weighted by Crippen LogP contribution is 2.24. The second kappa shape index (κ2) is 8.65. The van der Waals surface area contributed by atoms with Crippen LogP contribution in [0.15, 0.2) is 30.3 Å². The summed E-state index contributed by atoms with van der Waals surface area (Å²) in [5, 5.41) is 0. The van der Waals surface area contributed by atoms with Gasteiger partial charge in [0.1, 0.15) is 5.60 Å². The van der Waals surface area contributed by atoms with Crippen molar-refractivity contribution in [2.45, 2.75) is 64.2 Å². The van der Waals surface area contributed by atoms with Crippen molar-refractivity contribution in [1.29, 1.82) is 0 Å². The lowest BCUT2D eigenvalue weighted by Gasteiger charge is -2.34. The Labute approximate surface area is 145 Å². The van der Waals surface area contributed by atoms with Crippen LogP contribution in [0.5, 0.6) is 0 Å². The van der Waals surface area contributed by atoms with Gasteiger partial charge < -0.3 is 19.8 Å². The molecule has 0 unspecified atom stereocenters. The maximum absolute atomic E-state index is 12.1. The summed E-state index contributed by atoms with van der Waals surface area (Å²) in [4.78, 5) is 12.1. The summed E-state index contributed by atoms with van der Waals surface area (Å²) in [6.07, 6.45) is 2.16. The zero-order chi connectivity index (χ0) is 17.6. The highest BCUT2D eigenvalue weighted by atomic mass is 16.6. The van der Waals surface area contributed by atoms with Crippen LogP contribution in [0.4, 0.5) is 0 Å². The molecule has 1 aliphatic heterocycles. The maximum atomic E-state index is 12.1. The molecule has 0 saturated carbocycles. The third kappa shape index (κ3) is 6.63. The molecule has 1 fully saturated rings. The van der Waals surface area contributed by atoms with Crippen molar-refractivity contribution < 1.29 is 18.8 Å². The Morgan fingerprint density at radius 2 is 1.92 bits per heavy atom. The Hall–Kier alpha value is -1.37. The highest BCUT2D eigenvalue weighted by Gasteiger charge is 2.35. The van der Waals surface area contributed by atoms with E-state index >= 15 is 0 Å². The molecule has 0 bridgehead atoms. The topological polar surface area (TPSA) is 70.8 Å². The minimum absolute atomic E-state index is 0.0184. The SMILES string of the molecule is CC(C)(C)OC(=O)C[C@H]1C[C@@H](CCN)OB(Cc2ccccc2)O1. The fourth-order valence-electron chi connectivity index (χ4n) is 2.84. The third-order valence-corrected chi connectivity index (χ3v) is 3.76. The van der Waals surface area contributed by atoms with Gasteiger partial charge in [-0.1, -0.05) is 35.9 Å². The Balaban J connectivity index is 1.96. The predicted molar refractivity (Wildman–Crippen MR) is 94.4 cm³/mol. The lowest BCUT2D eigenvalue weighted by molar-refractivity contribution is -0.157. The molecule has 2 N–H and O–H groups in total. The Morgan fingerprint density at radius 1 is 1.25 bits per heavy atom. The number of ether oxygens (including phenoxy) is 1. The molecular formula is C18H28BNO4. The van der Waals surface area contributed by atoms with E-state index in [1.807, 2.05) is 51.1 Å². The molecule has 132 valence electrons. The molecular weight excluding hydrogens is 305 g/mol. The van der Waals surface area contributed by atoms with Crippen LogP contribution in [0.1, 0.15) is 45.6 Å². The molecule has 0 aromatic heterocycles. The van der Waals surface area contributed by atoms with Crippen LogP contribution in [0.25, 0.3) is 0 Å². The van der Waals surface area contributed by atoms with Crippen LogP contribution in [-0.4, -0.2) is 37.4 Å². The second-order valence-electron chi connectivity index (χ2n) is 7.24. The largest absolute Gasteiger partial charge is 0.461 e. The summed E-state index contributed by atoms with van der Waals surface area (Å²) in [5.74, 6) is -0.237. The summed E-state index contributed by atoms with van der Waals surface area (Å²) in [5.41, 5.74) is 6.34. The fourth-order valence-corrected chi connectivity index (χ4v) is 2.84. The van der Waals surface area contributed by atoms with Crippen molar-refractivity contribution in [2.75, 3.05) is 6.54 Å². The number of nitrogens with two attached hydrogens (primary N) is 1. The average Bonchev–Trinajstić information content (AvgIpc) is 2.46. The Kier molecular flexibility index (Phi) is 6.84. The van der Waals surface area contributed by atoms with Gasteiger partial charge >= 0.3 is 13.1 Å². The van der Waals surface area contributed by atoms with Crippen molar-refractivity contribution in [2.24, 2.45) is 5.73 Å². The summed E-state index contributed by atoms with van der Waals surface area (Å²) < 4.78 is 17.4. The Morgan fingerprint density at radius 3 is 2.54 bits per heavy atom. The lowest BCUT2D eigenvalue weighted by atomic mass is 9.77. The van der Waals surface area contributed by atoms with Crippen molar-refractivity contribution >= 4 is 13.1 Å². The summed E-state index contributed by atoms with van der Waals surface area (Å²) >= 11 is 0. The number of carbonyl (C=O) groups excluding carboxylic acids is 1. The van der Waals surface area contributed by atoms with Gasteiger partial charge in [0.25, 0.3) is 0 Å². The van der Waals surface area contributed by atoms with E-state index in [1.54, 1.807) is 0 Å². The number of benzene rings is 1. The third-order valence-electron chi connectivity index (χ3n) is 3.76. The molecule has 2 rings (SSSR count). The minimum atomic E-state index is -0.484. The smallest absolute Gasteiger partial charge is 0.460 e. The molecule has 0 spiro atoms. The van der Waals surface area contributed by atoms with E-state index in [2.05, 4.69) is 0 Å². The first-order chi connectivity index (χ1) is 11.4. The van der Waals surface area contributed by atoms with E-state index < -0.39 is 5.60 Å². The summed E-state index contributed by atoms with van der Waals surface area (Å²) in [6, 6.07) is 10.1. The standard InChI is InChI=1S/C18H28BNO4/c1-18(2,3)22-17(21)12-16-11-15(9-10-20)23-19(24-16)13-14-7-5-4-6-8-14/h4-8,15-16H,9-13,20H2,1-3H3/t15-,16-/m1/s1. The predicted octanol–water partition coefficient (Wildman–Crippen LogP) is 2.51. The van der Waals surface area contributed by atoms with Crippen LogP contribution in [0.3, 0.4) is 0 Å². The molecule has 6 heteroatoms. The van der Waals surface area contributed by atoms with Crippen molar-refractivity contribution in [3.63, 3.8) is 0 Å². The molecule has 0 amide bonds. The molecule has 1 saturated heterocycles. The van der Waals surface area contributed by atoms with Crippen LogP contribution < -0.4 is 5.73 Å². The molecule has 0 radical (unpaired) electrons. The molecule has 1 aliphatic rings. The first-order valence-electron chi connectivity index (χ1n) is 8.62. The van der Waals surface area contributed by atoms with Gasteiger partial charge in [-0.2, -0.15) is 0 Å². The minimum Gasteiger partial charge on any atom is -0.460 e. The zero-order valence-corrected chi connectivity index (χ0v) is 14.9. The molecule has 2 atom stereocenters. The first kappa shape index (κ1) is 19.0. The Bertz CT molecular complexity index is 518. The van der Waals surface area contributed by atoms with Gasteiger partial charge in [0.15, 0.2) is 0 Å². The van der Waals surface area contributed by atoms with Gasteiger partial charge in [0.2, 0.25) is 0 Å². The molecule has 1 aromatic rings. The van der Waals surface area contributed by atoms with E-state index in [-0.39, 0.29) is 31.7 Å². The monoisotopic (exact) mass is 333 g/mol. The van der Waals surface area contributed by atoms with Gasteiger partial charge in [-0.15, -0.1) is 0 Å². The fraction of sp³-hybridized carbons (Fsp3) is 0.611. The average molecular weight is 333 g/mol. The maximum Gasteiger partial charge on any atom is 0.461 e. The highest BCUT2D eigenvalue weighted by molar-refractivity contribution is 6.44. The normalized spacial score (nSPS) is 21.6. The lowest BCUT2D eigenvalue weighted by Crippen LogP contribution is -2.44. The van der Waals surface area contributed by atoms with E-state index in [1.165, 1.54) is 0 Å². The number of esters is 1. The molecule has 1 aromatic carbocycles. The van der Waals surface area contributed by atoms with Crippen molar-refractivity contribution in [1.82, 2.24) is 0 Å². The summed E-state index contributed by atoms with van der Waals surface area (Å²) in [7, 11) is -0.356. The molecule has 5 nitrogen and oxygen atoms in total. The molecule has 24 heavy (non-hydrogen) atoms.